The average Bonchev–Trinajstić information content (AvgIpc) is 3.25. The van der Waals surface area contributed by atoms with Crippen molar-refractivity contribution in [1.29, 1.82) is 0 Å². The van der Waals surface area contributed by atoms with Gasteiger partial charge in [-0.15, -0.1) is 0 Å². The molecule has 1 aliphatic rings. The van der Waals surface area contributed by atoms with Crippen LogP contribution in [0.5, 0.6) is 0 Å². The molecule has 0 bridgehead atoms. The fraction of sp³-hybridized carbons (Fsp3) is 0.333. The summed E-state index contributed by atoms with van der Waals surface area (Å²) in [7, 11) is 0. The van der Waals surface area contributed by atoms with Crippen molar-refractivity contribution in [2.45, 2.75) is 38.4 Å². The molecule has 0 spiro atoms. The van der Waals surface area contributed by atoms with Crippen molar-refractivity contribution in [2.75, 3.05) is 13.1 Å². The minimum Gasteiger partial charge on any atom is -0.345 e. The number of amides is 1. The molecule has 5 heterocycles. The Labute approximate surface area is 190 Å². The van der Waals surface area contributed by atoms with Gasteiger partial charge in [-0.1, -0.05) is 18.6 Å². The molecule has 0 saturated carbocycles. The molecule has 9 nitrogen and oxygen atoms in total. The molecule has 9 heteroatoms. The number of carbonyl (C=O) groups is 1. The van der Waals surface area contributed by atoms with Gasteiger partial charge in [-0.05, 0) is 43.1 Å². The van der Waals surface area contributed by atoms with Gasteiger partial charge in [0.2, 0.25) is 0 Å². The second-order valence-electron chi connectivity index (χ2n) is 8.40. The topological polar surface area (TPSA) is 105 Å². The number of hydrogen-bond donors (Lipinski definition) is 3. The van der Waals surface area contributed by atoms with E-state index in [-0.39, 0.29) is 17.8 Å². The van der Waals surface area contributed by atoms with Gasteiger partial charge in [0.1, 0.15) is 17.0 Å². The first-order chi connectivity index (χ1) is 16.2. The van der Waals surface area contributed by atoms with Crippen molar-refractivity contribution < 1.29 is 4.79 Å². The molecule has 5 rings (SSSR count). The van der Waals surface area contributed by atoms with Crippen LogP contribution in [0, 0.1) is 0 Å². The van der Waals surface area contributed by atoms with Crippen molar-refractivity contribution >= 4 is 17.2 Å². The predicted octanol–water partition coefficient (Wildman–Crippen LogP) is 1.50. The van der Waals surface area contributed by atoms with Gasteiger partial charge in [0.15, 0.2) is 0 Å². The van der Waals surface area contributed by atoms with E-state index in [0.29, 0.717) is 11.7 Å². The Morgan fingerprint density at radius 3 is 2.91 bits per heavy atom. The summed E-state index contributed by atoms with van der Waals surface area (Å²) in [5, 5.41) is 9.89. The number of nitrogens with zero attached hydrogens (tertiary/aromatic N) is 4. The number of rotatable bonds is 7. The highest BCUT2D eigenvalue weighted by atomic mass is 16.2. The van der Waals surface area contributed by atoms with Gasteiger partial charge in [0, 0.05) is 43.8 Å². The van der Waals surface area contributed by atoms with Crippen molar-refractivity contribution in [2.24, 2.45) is 0 Å². The van der Waals surface area contributed by atoms with E-state index in [0.717, 1.165) is 31.0 Å². The Balaban J connectivity index is 1.20. The molecule has 1 saturated heterocycles. The third-order valence-electron chi connectivity index (χ3n) is 5.93. The Kier molecular flexibility index (Phi) is 6.14. The summed E-state index contributed by atoms with van der Waals surface area (Å²) >= 11 is 0. The number of nitrogens with one attached hydrogen (secondary N) is 3. The van der Waals surface area contributed by atoms with Crippen molar-refractivity contribution in [3.05, 3.63) is 82.3 Å². The number of piperidine rings is 1. The number of pyridine rings is 2. The number of imidazole rings is 1. The van der Waals surface area contributed by atoms with Crippen molar-refractivity contribution in [3.8, 4) is 0 Å². The summed E-state index contributed by atoms with van der Waals surface area (Å²) in [5.41, 5.74) is 2.96. The smallest absolute Gasteiger partial charge is 0.270 e. The van der Waals surface area contributed by atoms with Gasteiger partial charge in [-0.3, -0.25) is 14.0 Å². The summed E-state index contributed by atoms with van der Waals surface area (Å²) in [5.74, 6) is -0.406. The van der Waals surface area contributed by atoms with Gasteiger partial charge in [0.25, 0.3) is 11.5 Å². The van der Waals surface area contributed by atoms with E-state index in [1.165, 1.54) is 35.3 Å². The van der Waals surface area contributed by atoms with Crippen LogP contribution in [0.15, 0.2) is 59.8 Å². The zero-order valence-electron chi connectivity index (χ0n) is 18.3. The van der Waals surface area contributed by atoms with E-state index < -0.39 is 5.91 Å². The molecular formula is C24H27N7O2. The summed E-state index contributed by atoms with van der Waals surface area (Å²) in [6.07, 6.45) is 9.39. The first-order valence-electron chi connectivity index (χ1n) is 11.3. The number of aromatic nitrogens is 4. The van der Waals surface area contributed by atoms with Gasteiger partial charge < -0.3 is 20.4 Å². The zero-order chi connectivity index (χ0) is 22.6. The maximum atomic E-state index is 12.6. The molecule has 3 N–H and O–H groups in total. The predicted molar refractivity (Wildman–Crippen MR) is 125 cm³/mol. The van der Waals surface area contributed by atoms with Gasteiger partial charge in [-0.2, -0.15) is 0 Å². The Morgan fingerprint density at radius 2 is 2.03 bits per heavy atom. The van der Waals surface area contributed by atoms with Crippen molar-refractivity contribution in [3.63, 3.8) is 0 Å². The molecule has 0 radical (unpaired) electrons. The summed E-state index contributed by atoms with van der Waals surface area (Å²) in [6, 6.07) is 11.1. The van der Waals surface area contributed by atoms with Crippen LogP contribution in [0.4, 0.5) is 0 Å². The highest BCUT2D eigenvalue weighted by Crippen LogP contribution is 2.10. The van der Waals surface area contributed by atoms with Crippen LogP contribution >= 0.6 is 0 Å². The largest absolute Gasteiger partial charge is 0.345 e. The number of hydrogen-bond acceptors (Lipinski definition) is 6. The highest BCUT2D eigenvalue weighted by molar-refractivity contribution is 5.92. The van der Waals surface area contributed by atoms with Crippen LogP contribution in [-0.2, 0) is 13.1 Å². The lowest BCUT2D eigenvalue weighted by Crippen LogP contribution is -2.41. The molecule has 0 aliphatic carbocycles. The molecule has 1 atom stereocenters. The van der Waals surface area contributed by atoms with E-state index in [1.54, 1.807) is 24.4 Å². The lowest BCUT2D eigenvalue weighted by molar-refractivity contribution is 0.0945. The summed E-state index contributed by atoms with van der Waals surface area (Å²) in [4.78, 5) is 33.6. The fourth-order valence-corrected chi connectivity index (χ4v) is 4.20. The molecule has 4 aromatic heterocycles. The zero-order valence-corrected chi connectivity index (χ0v) is 18.3. The minimum absolute atomic E-state index is 0.0933. The molecule has 1 amide bonds. The monoisotopic (exact) mass is 445 g/mol. The van der Waals surface area contributed by atoms with E-state index >= 15 is 0 Å². The first-order valence-corrected chi connectivity index (χ1v) is 11.3. The van der Waals surface area contributed by atoms with Crippen LogP contribution in [0.25, 0.3) is 11.3 Å². The SMILES string of the molecule is O=C(NCc1cn2cc(CNCC3CCCCN3)ccc2n1)c1cc(=O)n2ccccc2n1. The van der Waals surface area contributed by atoms with Crippen molar-refractivity contribution in [1.82, 2.24) is 34.7 Å². The molecule has 33 heavy (non-hydrogen) atoms. The summed E-state index contributed by atoms with van der Waals surface area (Å²) < 4.78 is 3.37. The standard InChI is InChI=1S/C24H27N7O2/c32-23-11-20(29-22-6-2-4-10-31(22)23)24(33)27-14-19-16-30-15-17(7-8-21(30)28-19)12-25-13-18-5-1-3-9-26-18/h2,4,6-8,10-11,15-16,18,25-26H,1,3,5,9,12-14H2,(H,27,33). The van der Waals surface area contributed by atoms with E-state index in [4.69, 9.17) is 0 Å². The molecule has 170 valence electrons. The van der Waals surface area contributed by atoms with Crippen LogP contribution < -0.4 is 21.5 Å². The first kappa shape index (κ1) is 21.3. The maximum absolute atomic E-state index is 12.6. The van der Waals surface area contributed by atoms with E-state index in [9.17, 15) is 9.59 Å². The quantitative estimate of drug-likeness (QED) is 0.398. The number of fused-ring (bicyclic) bond motifs is 2. The van der Waals surface area contributed by atoms with Gasteiger partial charge in [0.05, 0.1) is 12.2 Å². The minimum atomic E-state index is -0.406. The van der Waals surface area contributed by atoms with Gasteiger partial charge >= 0.3 is 0 Å². The highest BCUT2D eigenvalue weighted by Gasteiger charge is 2.13. The van der Waals surface area contributed by atoms with Crippen LogP contribution in [0.3, 0.4) is 0 Å². The molecule has 0 aromatic carbocycles. The van der Waals surface area contributed by atoms with Crippen LogP contribution in [0.1, 0.15) is 41.0 Å². The Bertz CT molecular complexity index is 1340. The molecule has 1 aliphatic heterocycles. The summed E-state index contributed by atoms with van der Waals surface area (Å²) in [6.45, 7) is 3.12. The number of carbonyl (C=O) groups excluding carboxylic acids is 1. The van der Waals surface area contributed by atoms with E-state index in [2.05, 4.69) is 38.2 Å². The Morgan fingerprint density at radius 1 is 1.09 bits per heavy atom. The maximum Gasteiger partial charge on any atom is 0.270 e. The second kappa shape index (κ2) is 9.51. The molecular weight excluding hydrogens is 418 g/mol. The third-order valence-corrected chi connectivity index (χ3v) is 5.93. The third kappa shape index (κ3) is 4.94. The van der Waals surface area contributed by atoms with E-state index in [1.807, 2.05) is 16.7 Å². The van der Waals surface area contributed by atoms with Gasteiger partial charge in [-0.25, -0.2) is 9.97 Å². The normalized spacial score (nSPS) is 16.3. The van der Waals surface area contributed by atoms with Crippen LogP contribution in [-0.4, -0.2) is 43.8 Å². The lowest BCUT2D eigenvalue weighted by Gasteiger charge is -2.23. The molecule has 4 aromatic rings. The Hall–Kier alpha value is -3.56. The fourth-order valence-electron chi connectivity index (χ4n) is 4.20. The molecule has 1 unspecified atom stereocenters. The second-order valence-corrected chi connectivity index (χ2v) is 8.40. The average molecular weight is 446 g/mol. The van der Waals surface area contributed by atoms with Crippen LogP contribution in [0.2, 0.25) is 0 Å². The molecule has 1 fully saturated rings. The lowest BCUT2D eigenvalue weighted by atomic mass is 10.1.